The Bertz CT molecular complexity index is 103. The Hall–Kier alpha value is 0.427. The Morgan fingerprint density at radius 1 is 1.36 bits per heavy atom. The predicted molar refractivity (Wildman–Crippen MR) is 51.2 cm³/mol. The third-order valence-electron chi connectivity index (χ3n) is 1.58. The van der Waals surface area contributed by atoms with Crippen molar-refractivity contribution in [2.45, 2.75) is 31.6 Å². The highest BCUT2D eigenvalue weighted by molar-refractivity contribution is 6.27. The molecule has 11 heavy (non-hydrogen) atoms. The van der Waals surface area contributed by atoms with E-state index in [1.165, 1.54) is 0 Å². The number of rotatable bonds is 5. The van der Waals surface area contributed by atoms with E-state index in [0.717, 1.165) is 10.2 Å². The minimum atomic E-state index is -0.495. The normalized spacial score (nSPS) is 15.3. The number of hydrogen-bond donors (Lipinski definition) is 0. The molecule has 0 rings (SSSR count). The third kappa shape index (κ3) is 3.56. The second kappa shape index (κ2) is 5.14. The Morgan fingerprint density at radius 2 is 1.73 bits per heavy atom. The van der Waals surface area contributed by atoms with Crippen LogP contribution in [0.3, 0.4) is 0 Å². The number of ether oxygens (including phenoxy) is 2. The summed E-state index contributed by atoms with van der Waals surface area (Å²) in [6.45, 7) is 7.11. The Kier molecular flexibility index (Phi) is 5.34. The van der Waals surface area contributed by atoms with E-state index in [-0.39, 0.29) is 5.38 Å². The summed E-state index contributed by atoms with van der Waals surface area (Å²) in [7, 11) is 0.796. The average Bonchev–Trinajstić information content (AvgIpc) is 1.88. The van der Waals surface area contributed by atoms with E-state index in [4.69, 9.17) is 21.1 Å². The zero-order valence-corrected chi connectivity index (χ0v) is 10.4. The molecule has 2 nitrogen and oxygen atoms in total. The fraction of sp³-hybridized carbons (Fsp3) is 1.00. The quantitative estimate of drug-likeness (QED) is 0.366. The van der Waals surface area contributed by atoms with Crippen molar-refractivity contribution in [3.8, 4) is 0 Å². The van der Waals surface area contributed by atoms with Crippen LogP contribution in [0, 0.1) is 0 Å². The Balaban J connectivity index is 4.01. The lowest BCUT2D eigenvalue weighted by atomic mass is 10.4. The van der Waals surface area contributed by atoms with Crippen LogP contribution in [0.1, 0.15) is 20.8 Å². The van der Waals surface area contributed by atoms with Crippen molar-refractivity contribution in [3.05, 3.63) is 0 Å². The summed E-state index contributed by atoms with van der Waals surface area (Å²) in [4.78, 5) is 0. The van der Waals surface area contributed by atoms with Gasteiger partial charge in [-0.1, -0.05) is 0 Å². The summed E-state index contributed by atoms with van der Waals surface area (Å²) in [5.41, 5.74) is -0.495. The first kappa shape index (κ1) is 11.4. The van der Waals surface area contributed by atoms with Crippen LogP contribution in [0.5, 0.6) is 0 Å². The van der Waals surface area contributed by atoms with Gasteiger partial charge in [-0.05, 0) is 20.8 Å². The van der Waals surface area contributed by atoms with Gasteiger partial charge in [-0.15, -0.1) is 11.6 Å². The molecule has 0 aliphatic heterocycles. The van der Waals surface area contributed by atoms with Gasteiger partial charge >= 0.3 is 0 Å². The smallest absolute Gasteiger partial charge is 0.157 e. The molecule has 0 aliphatic rings. The summed E-state index contributed by atoms with van der Waals surface area (Å²) in [5, 5.41) is -0.0749. The van der Waals surface area contributed by atoms with Crippen LogP contribution in [-0.4, -0.2) is 34.2 Å². The van der Waals surface area contributed by atoms with Gasteiger partial charge in [0.05, 0.1) is 15.6 Å². The zero-order chi connectivity index (χ0) is 8.91. The summed E-state index contributed by atoms with van der Waals surface area (Å²) < 4.78 is 10.9. The van der Waals surface area contributed by atoms with Crippen LogP contribution in [0.15, 0.2) is 0 Å². The van der Waals surface area contributed by atoms with Crippen LogP contribution in [0.25, 0.3) is 0 Å². The molecule has 1 unspecified atom stereocenters. The summed E-state index contributed by atoms with van der Waals surface area (Å²) in [6, 6.07) is 0. The van der Waals surface area contributed by atoms with Crippen LogP contribution in [0.4, 0.5) is 0 Å². The monoisotopic (exact) mass is 196 g/mol. The second-order valence-electron chi connectivity index (χ2n) is 2.50. The van der Waals surface area contributed by atoms with E-state index in [9.17, 15) is 0 Å². The standard InChI is InChI=1S/C7H17ClO2Si/c1-4-9-7(11,6(3)8)10-5-2/h6H,4-5H2,1-3,11H3. The molecule has 0 saturated carbocycles. The molecule has 0 saturated heterocycles. The SMILES string of the molecule is CCOC([SiH3])(OCC)C(C)Cl. The van der Waals surface area contributed by atoms with Crippen LogP contribution in [-0.2, 0) is 9.47 Å². The molecule has 0 aromatic heterocycles. The van der Waals surface area contributed by atoms with Gasteiger partial charge in [0.2, 0.25) is 0 Å². The minimum absolute atomic E-state index is 0.0749. The van der Waals surface area contributed by atoms with Gasteiger partial charge < -0.3 is 9.47 Å². The van der Waals surface area contributed by atoms with E-state index in [2.05, 4.69) is 0 Å². The molecule has 68 valence electrons. The minimum Gasteiger partial charge on any atom is -0.354 e. The first-order valence-corrected chi connectivity index (χ1v) is 5.42. The van der Waals surface area contributed by atoms with Crippen molar-refractivity contribution in [1.82, 2.24) is 0 Å². The van der Waals surface area contributed by atoms with Crippen molar-refractivity contribution in [3.63, 3.8) is 0 Å². The Morgan fingerprint density at radius 3 is 1.91 bits per heavy atom. The summed E-state index contributed by atoms with van der Waals surface area (Å²) >= 11 is 5.93. The van der Waals surface area contributed by atoms with E-state index in [1.807, 2.05) is 20.8 Å². The first-order chi connectivity index (χ1) is 5.06. The van der Waals surface area contributed by atoms with Crippen LogP contribution >= 0.6 is 11.6 Å². The molecule has 4 heteroatoms. The van der Waals surface area contributed by atoms with Gasteiger partial charge in [0.25, 0.3) is 0 Å². The van der Waals surface area contributed by atoms with Gasteiger partial charge in [0, 0.05) is 13.2 Å². The van der Waals surface area contributed by atoms with Crippen LogP contribution in [0.2, 0.25) is 0 Å². The molecule has 0 aromatic carbocycles. The molecule has 0 heterocycles. The molecule has 0 spiro atoms. The average molecular weight is 197 g/mol. The van der Waals surface area contributed by atoms with E-state index in [0.29, 0.717) is 13.2 Å². The zero-order valence-electron chi connectivity index (χ0n) is 7.69. The fourth-order valence-electron chi connectivity index (χ4n) is 0.845. The highest BCUT2D eigenvalue weighted by atomic mass is 35.5. The van der Waals surface area contributed by atoms with Gasteiger partial charge in [0.15, 0.2) is 5.41 Å². The lowest BCUT2D eigenvalue weighted by molar-refractivity contribution is -0.171. The number of halogens is 1. The molecular formula is C7H17ClO2Si. The molecule has 0 fully saturated rings. The summed E-state index contributed by atoms with van der Waals surface area (Å²) in [5.74, 6) is 0. The maximum Gasteiger partial charge on any atom is 0.157 e. The maximum atomic E-state index is 5.93. The maximum absolute atomic E-state index is 5.93. The third-order valence-corrected chi connectivity index (χ3v) is 3.79. The Labute approximate surface area is 76.6 Å². The lowest BCUT2D eigenvalue weighted by Crippen LogP contribution is -2.44. The van der Waals surface area contributed by atoms with Gasteiger partial charge in [-0.3, -0.25) is 0 Å². The van der Waals surface area contributed by atoms with E-state index in [1.54, 1.807) is 0 Å². The largest absolute Gasteiger partial charge is 0.354 e. The molecule has 1 atom stereocenters. The second-order valence-corrected chi connectivity index (χ2v) is 4.55. The van der Waals surface area contributed by atoms with Crippen molar-refractivity contribution in [2.24, 2.45) is 0 Å². The lowest BCUT2D eigenvalue weighted by Gasteiger charge is -2.31. The van der Waals surface area contributed by atoms with Crippen molar-refractivity contribution < 1.29 is 9.47 Å². The van der Waals surface area contributed by atoms with Gasteiger partial charge in [0.1, 0.15) is 0 Å². The van der Waals surface area contributed by atoms with Crippen LogP contribution < -0.4 is 0 Å². The molecule has 0 bridgehead atoms. The highest BCUT2D eigenvalue weighted by Crippen LogP contribution is 2.18. The molecule has 0 aliphatic carbocycles. The molecule has 0 aromatic rings. The van der Waals surface area contributed by atoms with Crippen molar-refractivity contribution in [2.75, 3.05) is 13.2 Å². The van der Waals surface area contributed by atoms with Crippen molar-refractivity contribution in [1.29, 1.82) is 0 Å². The predicted octanol–water partition coefficient (Wildman–Crippen LogP) is 0.706. The molecule has 0 radical (unpaired) electrons. The van der Waals surface area contributed by atoms with Crippen molar-refractivity contribution >= 4 is 21.8 Å². The van der Waals surface area contributed by atoms with Gasteiger partial charge in [-0.25, -0.2) is 0 Å². The highest BCUT2D eigenvalue weighted by Gasteiger charge is 2.30. The summed E-state index contributed by atoms with van der Waals surface area (Å²) in [6.07, 6.45) is 0. The number of alkyl halides is 1. The topological polar surface area (TPSA) is 18.5 Å². The molecular weight excluding hydrogens is 180 g/mol. The molecule has 0 amide bonds. The van der Waals surface area contributed by atoms with E-state index < -0.39 is 5.41 Å². The number of hydrogen-bond acceptors (Lipinski definition) is 2. The molecule has 0 N–H and O–H groups in total. The van der Waals surface area contributed by atoms with Gasteiger partial charge in [-0.2, -0.15) is 0 Å². The first-order valence-electron chi connectivity index (χ1n) is 3.98. The fourth-order valence-corrected chi connectivity index (χ4v) is 1.55. The van der Waals surface area contributed by atoms with E-state index >= 15 is 0 Å².